The zero-order valence-electron chi connectivity index (χ0n) is 10.8. The number of benzene rings is 1. The molecule has 0 radical (unpaired) electrons. The van der Waals surface area contributed by atoms with E-state index in [-0.39, 0.29) is 16.8 Å². The van der Waals surface area contributed by atoms with Crippen LogP contribution in [0.15, 0.2) is 29.2 Å². The molecular weight excluding hydrogens is 286 g/mol. The minimum atomic E-state index is -3.74. The van der Waals surface area contributed by atoms with Crippen molar-refractivity contribution in [2.45, 2.75) is 31.2 Å². The van der Waals surface area contributed by atoms with Crippen LogP contribution in [0.5, 0.6) is 0 Å². The minimum Gasteiger partial charge on any atom is -0.336 e. The summed E-state index contributed by atoms with van der Waals surface area (Å²) in [7, 11) is 1.50. The van der Waals surface area contributed by atoms with E-state index in [2.05, 4.69) is 6.92 Å². The number of halogens is 1. The number of hydrogen-bond acceptors (Lipinski definition) is 3. The largest absolute Gasteiger partial charge is 0.336 e. The van der Waals surface area contributed by atoms with Gasteiger partial charge >= 0.3 is 0 Å². The highest BCUT2D eigenvalue weighted by atomic mass is 35.7. The zero-order chi connectivity index (χ0) is 14.2. The number of amides is 1. The van der Waals surface area contributed by atoms with Crippen molar-refractivity contribution in [2.24, 2.45) is 5.92 Å². The van der Waals surface area contributed by atoms with Crippen molar-refractivity contribution < 1.29 is 13.2 Å². The molecule has 0 aromatic heterocycles. The van der Waals surface area contributed by atoms with Crippen molar-refractivity contribution in [2.75, 3.05) is 6.54 Å². The summed E-state index contributed by atoms with van der Waals surface area (Å²) < 4.78 is 22.3. The molecule has 6 heteroatoms. The zero-order valence-corrected chi connectivity index (χ0v) is 12.4. The third kappa shape index (κ3) is 3.09. The van der Waals surface area contributed by atoms with Gasteiger partial charge in [0.2, 0.25) is 0 Å². The van der Waals surface area contributed by atoms with Gasteiger partial charge in [0.1, 0.15) is 0 Å². The Bertz CT molecular complexity index is 582. The molecule has 0 saturated carbocycles. The Balaban J connectivity index is 2.21. The first kappa shape index (κ1) is 14.3. The van der Waals surface area contributed by atoms with Crippen LogP contribution in [0.2, 0.25) is 0 Å². The van der Waals surface area contributed by atoms with E-state index in [4.69, 9.17) is 10.7 Å². The van der Waals surface area contributed by atoms with Gasteiger partial charge in [-0.3, -0.25) is 4.79 Å². The molecule has 1 fully saturated rings. The van der Waals surface area contributed by atoms with Crippen molar-refractivity contribution in [3.8, 4) is 0 Å². The van der Waals surface area contributed by atoms with Crippen molar-refractivity contribution in [3.05, 3.63) is 29.8 Å². The Morgan fingerprint density at radius 3 is 2.26 bits per heavy atom. The lowest BCUT2D eigenvalue weighted by molar-refractivity contribution is 0.0743. The summed E-state index contributed by atoms with van der Waals surface area (Å²) in [6.07, 6.45) is 1.000. The molecule has 1 aliphatic rings. The smallest absolute Gasteiger partial charge is 0.261 e. The van der Waals surface area contributed by atoms with Gasteiger partial charge in [-0.2, -0.15) is 0 Å². The molecule has 1 heterocycles. The number of rotatable bonds is 2. The quantitative estimate of drug-likeness (QED) is 0.789. The van der Waals surface area contributed by atoms with Gasteiger partial charge < -0.3 is 4.90 Å². The molecule has 1 saturated heterocycles. The van der Waals surface area contributed by atoms with E-state index in [1.54, 1.807) is 0 Å². The molecule has 4 nitrogen and oxygen atoms in total. The summed E-state index contributed by atoms with van der Waals surface area (Å²) in [6.45, 7) is 4.89. The maximum Gasteiger partial charge on any atom is 0.261 e. The lowest BCUT2D eigenvalue weighted by Gasteiger charge is -2.21. The molecule has 1 amide bonds. The average Bonchev–Trinajstić information content (AvgIpc) is 2.66. The number of nitrogens with zero attached hydrogens (tertiary/aromatic N) is 1. The minimum absolute atomic E-state index is 0.00792. The average molecular weight is 302 g/mol. The van der Waals surface area contributed by atoms with Gasteiger partial charge in [0.25, 0.3) is 15.0 Å². The van der Waals surface area contributed by atoms with Crippen LogP contribution < -0.4 is 0 Å². The van der Waals surface area contributed by atoms with E-state index >= 15 is 0 Å². The van der Waals surface area contributed by atoms with Crippen LogP contribution in [0.3, 0.4) is 0 Å². The normalized spacial score (nSPS) is 23.6. The highest BCUT2D eigenvalue weighted by molar-refractivity contribution is 8.13. The van der Waals surface area contributed by atoms with Crippen LogP contribution in [-0.4, -0.2) is 31.8 Å². The summed E-state index contributed by atoms with van der Waals surface area (Å²) in [5.74, 6) is 0.441. The second-order valence-electron chi connectivity index (χ2n) is 5.11. The Morgan fingerprint density at radius 2 is 1.84 bits per heavy atom. The van der Waals surface area contributed by atoms with E-state index < -0.39 is 9.05 Å². The fraction of sp³-hybridized carbons (Fsp3) is 0.462. The highest BCUT2D eigenvalue weighted by Gasteiger charge is 2.30. The summed E-state index contributed by atoms with van der Waals surface area (Å²) >= 11 is 0. The number of hydrogen-bond donors (Lipinski definition) is 0. The molecule has 1 aromatic carbocycles. The number of carbonyl (C=O) groups excluding carboxylic acids is 1. The van der Waals surface area contributed by atoms with E-state index in [1.807, 2.05) is 11.8 Å². The predicted molar refractivity (Wildman–Crippen MR) is 73.8 cm³/mol. The molecule has 19 heavy (non-hydrogen) atoms. The lowest BCUT2D eigenvalue weighted by atomic mass is 10.1. The van der Waals surface area contributed by atoms with Gasteiger partial charge in [-0.25, -0.2) is 8.42 Å². The molecule has 0 bridgehead atoms. The van der Waals surface area contributed by atoms with Crippen molar-refractivity contribution >= 4 is 25.6 Å². The molecule has 0 aliphatic carbocycles. The Kier molecular flexibility index (Phi) is 3.87. The second kappa shape index (κ2) is 5.13. The Morgan fingerprint density at radius 1 is 1.26 bits per heavy atom. The van der Waals surface area contributed by atoms with Crippen LogP contribution >= 0.6 is 10.7 Å². The van der Waals surface area contributed by atoms with E-state index in [0.29, 0.717) is 11.5 Å². The maximum absolute atomic E-state index is 12.3. The first-order valence-electron chi connectivity index (χ1n) is 6.14. The van der Waals surface area contributed by atoms with Crippen LogP contribution in [0.25, 0.3) is 0 Å². The molecule has 2 rings (SSSR count). The summed E-state index contributed by atoms with van der Waals surface area (Å²) in [6, 6.07) is 5.96. The second-order valence-corrected chi connectivity index (χ2v) is 7.68. The lowest BCUT2D eigenvalue weighted by Crippen LogP contribution is -2.33. The molecule has 2 atom stereocenters. The van der Waals surface area contributed by atoms with Crippen molar-refractivity contribution in [1.82, 2.24) is 4.90 Å². The van der Waals surface area contributed by atoms with Gasteiger partial charge in [0, 0.05) is 28.8 Å². The van der Waals surface area contributed by atoms with Gasteiger partial charge in [0.05, 0.1) is 4.90 Å². The van der Waals surface area contributed by atoms with E-state index in [0.717, 1.165) is 13.0 Å². The first-order chi connectivity index (χ1) is 8.79. The number of likely N-dealkylation sites (tertiary alicyclic amines) is 1. The van der Waals surface area contributed by atoms with Crippen LogP contribution in [0, 0.1) is 5.92 Å². The molecule has 104 valence electrons. The summed E-state index contributed by atoms with van der Waals surface area (Å²) in [5, 5.41) is 0. The topological polar surface area (TPSA) is 54.5 Å². The monoisotopic (exact) mass is 301 g/mol. The highest BCUT2D eigenvalue weighted by Crippen LogP contribution is 2.25. The van der Waals surface area contributed by atoms with Gasteiger partial charge in [-0.1, -0.05) is 6.92 Å². The fourth-order valence-corrected chi connectivity index (χ4v) is 3.28. The molecule has 1 aliphatic heterocycles. The molecule has 1 aromatic rings. The molecular formula is C13H16ClNO3S. The van der Waals surface area contributed by atoms with E-state index in [1.165, 1.54) is 24.3 Å². The SMILES string of the molecule is CC1CC(C)N(C(=O)c2ccc(S(=O)(=O)Cl)cc2)C1. The summed E-state index contributed by atoms with van der Waals surface area (Å²) in [4.78, 5) is 14.1. The first-order valence-corrected chi connectivity index (χ1v) is 8.45. The maximum atomic E-state index is 12.3. The summed E-state index contributed by atoms with van der Waals surface area (Å²) in [5.41, 5.74) is 0.491. The van der Waals surface area contributed by atoms with Crippen LogP contribution in [-0.2, 0) is 9.05 Å². The predicted octanol–water partition coefficient (Wildman–Crippen LogP) is 2.48. The van der Waals surface area contributed by atoms with Crippen molar-refractivity contribution in [1.29, 1.82) is 0 Å². The third-order valence-corrected chi connectivity index (χ3v) is 4.80. The van der Waals surface area contributed by atoms with Gasteiger partial charge in [0.15, 0.2) is 0 Å². The standard InChI is InChI=1S/C13H16ClNO3S/c1-9-7-10(2)15(8-9)13(16)11-3-5-12(6-4-11)19(14,17)18/h3-6,9-10H,7-8H2,1-2H3. The molecule has 0 spiro atoms. The van der Waals surface area contributed by atoms with Gasteiger partial charge in [-0.05, 0) is 43.5 Å². The molecule has 0 N–H and O–H groups in total. The molecule has 2 unspecified atom stereocenters. The Labute approximate surface area is 117 Å². The number of carbonyl (C=O) groups is 1. The van der Waals surface area contributed by atoms with Crippen LogP contribution in [0.1, 0.15) is 30.6 Å². The van der Waals surface area contributed by atoms with E-state index in [9.17, 15) is 13.2 Å². The van der Waals surface area contributed by atoms with Crippen molar-refractivity contribution in [3.63, 3.8) is 0 Å². The third-order valence-electron chi connectivity index (χ3n) is 3.43. The fourth-order valence-electron chi connectivity index (χ4n) is 2.51. The van der Waals surface area contributed by atoms with Gasteiger partial charge in [-0.15, -0.1) is 0 Å². The Hall–Kier alpha value is -1.07. The van der Waals surface area contributed by atoms with Crippen LogP contribution in [0.4, 0.5) is 0 Å².